The van der Waals surface area contributed by atoms with Crippen molar-refractivity contribution in [2.45, 2.75) is 32.6 Å². The third kappa shape index (κ3) is 6.15. The molecule has 0 saturated carbocycles. The number of rotatable bonds is 9. The summed E-state index contributed by atoms with van der Waals surface area (Å²) in [5, 5.41) is 4.57. The lowest BCUT2D eigenvalue weighted by atomic mass is 10.1. The molecule has 6 heteroatoms. The Hall–Kier alpha value is -2.47. The first-order valence-electron chi connectivity index (χ1n) is 8.24. The third-order valence-electron chi connectivity index (χ3n) is 3.55. The van der Waals surface area contributed by atoms with E-state index in [4.69, 9.17) is 4.74 Å². The van der Waals surface area contributed by atoms with Crippen LogP contribution in [0.25, 0.3) is 0 Å². The summed E-state index contributed by atoms with van der Waals surface area (Å²) in [7, 11) is 0. The molecule has 5 nitrogen and oxygen atoms in total. The lowest BCUT2D eigenvalue weighted by molar-refractivity contribution is -0.116. The lowest BCUT2D eigenvalue weighted by Crippen LogP contribution is -2.14. The zero-order chi connectivity index (χ0) is 18.1. The molecule has 25 heavy (non-hydrogen) atoms. The van der Waals surface area contributed by atoms with Gasteiger partial charge >= 0.3 is 5.97 Å². The fraction of sp³-hybridized carbons (Fsp3) is 0.316. The second-order valence-corrected chi connectivity index (χ2v) is 6.51. The van der Waals surface area contributed by atoms with Gasteiger partial charge in [0, 0.05) is 17.7 Å². The van der Waals surface area contributed by atoms with Gasteiger partial charge in [-0.2, -0.15) is 0 Å². The SMILES string of the molecule is CCCCCC(=O)Nc1ccc(C(=O)COC(=O)c2cccs2)cc1. The van der Waals surface area contributed by atoms with Gasteiger partial charge in [-0.3, -0.25) is 9.59 Å². The van der Waals surface area contributed by atoms with Gasteiger partial charge in [0.05, 0.1) is 0 Å². The number of hydrogen-bond donors (Lipinski definition) is 1. The number of hydrogen-bond acceptors (Lipinski definition) is 5. The minimum absolute atomic E-state index is 0.0302. The number of Topliss-reactive ketones (excluding diaryl/α,β-unsaturated/α-hetero) is 1. The van der Waals surface area contributed by atoms with Crippen molar-refractivity contribution in [2.24, 2.45) is 0 Å². The van der Waals surface area contributed by atoms with Crippen molar-refractivity contribution in [1.29, 1.82) is 0 Å². The molecule has 0 unspecified atom stereocenters. The first kappa shape index (κ1) is 18.9. The van der Waals surface area contributed by atoms with E-state index in [0.717, 1.165) is 19.3 Å². The molecule has 1 amide bonds. The van der Waals surface area contributed by atoms with Gasteiger partial charge < -0.3 is 10.1 Å². The summed E-state index contributed by atoms with van der Waals surface area (Å²) in [6.07, 6.45) is 3.47. The number of ether oxygens (including phenoxy) is 1. The highest BCUT2D eigenvalue weighted by atomic mass is 32.1. The fourth-order valence-electron chi connectivity index (χ4n) is 2.18. The molecular weight excluding hydrogens is 338 g/mol. The Bertz CT molecular complexity index is 708. The first-order valence-corrected chi connectivity index (χ1v) is 9.12. The summed E-state index contributed by atoms with van der Waals surface area (Å²) in [5.74, 6) is -0.817. The average Bonchev–Trinajstić information content (AvgIpc) is 3.15. The van der Waals surface area contributed by atoms with Crippen LogP contribution in [-0.2, 0) is 9.53 Å². The molecule has 0 spiro atoms. The molecule has 0 fully saturated rings. The Morgan fingerprint density at radius 1 is 1.08 bits per heavy atom. The van der Waals surface area contributed by atoms with E-state index in [1.165, 1.54) is 11.3 Å². The molecule has 1 N–H and O–H groups in total. The fourth-order valence-corrected chi connectivity index (χ4v) is 2.79. The number of esters is 1. The van der Waals surface area contributed by atoms with Crippen LogP contribution in [0.1, 0.15) is 52.6 Å². The van der Waals surface area contributed by atoms with Crippen molar-refractivity contribution < 1.29 is 19.1 Å². The molecule has 1 aromatic heterocycles. The number of carbonyl (C=O) groups excluding carboxylic acids is 3. The van der Waals surface area contributed by atoms with Gasteiger partial charge in [-0.05, 0) is 42.1 Å². The van der Waals surface area contributed by atoms with Gasteiger partial charge in [0.15, 0.2) is 12.4 Å². The largest absolute Gasteiger partial charge is 0.453 e. The Morgan fingerprint density at radius 2 is 1.84 bits per heavy atom. The number of anilines is 1. The second-order valence-electron chi connectivity index (χ2n) is 5.56. The molecule has 132 valence electrons. The van der Waals surface area contributed by atoms with Crippen LogP contribution < -0.4 is 5.32 Å². The number of amides is 1. The molecule has 2 rings (SSSR count). The van der Waals surface area contributed by atoms with Crippen LogP contribution >= 0.6 is 11.3 Å². The highest BCUT2D eigenvalue weighted by Gasteiger charge is 2.12. The number of benzene rings is 1. The van der Waals surface area contributed by atoms with Crippen molar-refractivity contribution >= 4 is 34.7 Å². The van der Waals surface area contributed by atoms with Crippen molar-refractivity contribution in [3.63, 3.8) is 0 Å². The topological polar surface area (TPSA) is 72.5 Å². The van der Waals surface area contributed by atoms with Crippen LogP contribution in [0.15, 0.2) is 41.8 Å². The molecule has 0 aliphatic rings. The summed E-state index contributed by atoms with van der Waals surface area (Å²) in [4.78, 5) is 36.0. The van der Waals surface area contributed by atoms with Crippen LogP contribution in [0.5, 0.6) is 0 Å². The maximum atomic E-state index is 12.1. The monoisotopic (exact) mass is 359 g/mol. The minimum Gasteiger partial charge on any atom is -0.453 e. The Kier molecular flexibility index (Phi) is 7.35. The van der Waals surface area contributed by atoms with E-state index in [1.54, 1.807) is 41.8 Å². The van der Waals surface area contributed by atoms with E-state index >= 15 is 0 Å². The van der Waals surface area contributed by atoms with Gasteiger partial charge in [0.1, 0.15) is 4.88 Å². The molecule has 0 saturated heterocycles. The first-order chi connectivity index (χ1) is 12.1. The van der Waals surface area contributed by atoms with Crippen molar-refractivity contribution in [1.82, 2.24) is 0 Å². The number of thiophene rings is 1. The van der Waals surface area contributed by atoms with Crippen LogP contribution in [0.3, 0.4) is 0 Å². The lowest BCUT2D eigenvalue weighted by Gasteiger charge is -2.07. The van der Waals surface area contributed by atoms with Crippen LogP contribution in [-0.4, -0.2) is 24.3 Å². The maximum Gasteiger partial charge on any atom is 0.348 e. The summed E-state index contributed by atoms with van der Waals surface area (Å²) in [5.41, 5.74) is 1.08. The summed E-state index contributed by atoms with van der Waals surface area (Å²) >= 11 is 1.27. The number of carbonyl (C=O) groups is 3. The molecule has 0 aliphatic heterocycles. The molecular formula is C19H21NO4S. The highest BCUT2D eigenvalue weighted by Crippen LogP contribution is 2.13. The van der Waals surface area contributed by atoms with E-state index in [9.17, 15) is 14.4 Å². The third-order valence-corrected chi connectivity index (χ3v) is 4.40. The zero-order valence-corrected chi connectivity index (χ0v) is 14.9. The Labute approximate surface area is 151 Å². The van der Waals surface area contributed by atoms with Gasteiger partial charge in [0.25, 0.3) is 0 Å². The van der Waals surface area contributed by atoms with Crippen LogP contribution in [0, 0.1) is 0 Å². The minimum atomic E-state index is -0.501. The molecule has 0 bridgehead atoms. The van der Waals surface area contributed by atoms with E-state index in [-0.39, 0.29) is 18.3 Å². The summed E-state index contributed by atoms with van der Waals surface area (Å²) < 4.78 is 5.00. The van der Waals surface area contributed by atoms with Crippen molar-refractivity contribution in [3.8, 4) is 0 Å². The number of ketones is 1. The summed E-state index contributed by atoms with van der Waals surface area (Å²) in [6.45, 7) is 1.78. The van der Waals surface area contributed by atoms with Crippen molar-refractivity contribution in [3.05, 3.63) is 52.2 Å². The van der Waals surface area contributed by atoms with Gasteiger partial charge in [-0.15, -0.1) is 11.3 Å². The Morgan fingerprint density at radius 3 is 2.48 bits per heavy atom. The molecule has 2 aromatic rings. The molecule has 1 aromatic carbocycles. The standard InChI is InChI=1S/C19H21NO4S/c1-2-3-4-7-18(22)20-15-10-8-14(9-11-15)16(21)13-24-19(23)17-6-5-12-25-17/h5-6,8-12H,2-4,7,13H2,1H3,(H,20,22). The van der Waals surface area contributed by atoms with E-state index < -0.39 is 5.97 Å². The normalized spacial score (nSPS) is 10.3. The number of nitrogens with one attached hydrogen (secondary N) is 1. The maximum absolute atomic E-state index is 12.1. The highest BCUT2D eigenvalue weighted by molar-refractivity contribution is 7.11. The summed E-state index contributed by atoms with van der Waals surface area (Å²) in [6, 6.07) is 9.97. The molecule has 0 radical (unpaired) electrons. The second kappa shape index (κ2) is 9.74. The van der Waals surface area contributed by atoms with Crippen LogP contribution in [0.2, 0.25) is 0 Å². The van der Waals surface area contributed by atoms with E-state index in [0.29, 0.717) is 22.5 Å². The van der Waals surface area contributed by atoms with Gasteiger partial charge in [-0.1, -0.05) is 25.8 Å². The van der Waals surface area contributed by atoms with Gasteiger partial charge in [0.2, 0.25) is 5.91 Å². The molecule has 1 heterocycles. The molecule has 0 atom stereocenters. The average molecular weight is 359 g/mol. The van der Waals surface area contributed by atoms with E-state index in [1.807, 2.05) is 0 Å². The zero-order valence-electron chi connectivity index (χ0n) is 14.1. The predicted octanol–water partition coefficient (Wildman–Crippen LogP) is 4.31. The smallest absolute Gasteiger partial charge is 0.348 e. The van der Waals surface area contributed by atoms with Crippen LogP contribution in [0.4, 0.5) is 5.69 Å². The van der Waals surface area contributed by atoms with Gasteiger partial charge in [-0.25, -0.2) is 4.79 Å². The predicted molar refractivity (Wildman–Crippen MR) is 98.1 cm³/mol. The van der Waals surface area contributed by atoms with E-state index in [2.05, 4.69) is 12.2 Å². The Balaban J connectivity index is 1.81. The van der Waals surface area contributed by atoms with Crippen molar-refractivity contribution in [2.75, 3.05) is 11.9 Å². The molecule has 0 aliphatic carbocycles. The quantitative estimate of drug-likeness (QED) is 0.411. The number of unbranched alkanes of at least 4 members (excludes halogenated alkanes) is 2.